The zero-order valence-electron chi connectivity index (χ0n) is 17.7. The molecule has 0 aromatic carbocycles. The molecule has 1 saturated heterocycles. The minimum absolute atomic E-state index is 0.296. The summed E-state index contributed by atoms with van der Waals surface area (Å²) in [6.45, 7) is 6.64. The number of aromatic nitrogens is 1. The van der Waals surface area contributed by atoms with Gasteiger partial charge in [0.15, 0.2) is 5.96 Å². The molecule has 0 radical (unpaired) electrons. The maximum atomic E-state index is 6.00. The van der Waals surface area contributed by atoms with Crippen LogP contribution in [0.3, 0.4) is 0 Å². The number of ether oxygens (including phenoxy) is 3. The van der Waals surface area contributed by atoms with Crippen LogP contribution in [-0.2, 0) is 16.0 Å². The number of guanidine groups is 1. The van der Waals surface area contributed by atoms with Crippen LogP contribution in [0.5, 0.6) is 5.88 Å². The molecule has 7 nitrogen and oxygen atoms in total. The van der Waals surface area contributed by atoms with Crippen LogP contribution in [0.25, 0.3) is 0 Å². The van der Waals surface area contributed by atoms with Crippen molar-refractivity contribution >= 4 is 5.96 Å². The van der Waals surface area contributed by atoms with Gasteiger partial charge < -0.3 is 24.8 Å². The summed E-state index contributed by atoms with van der Waals surface area (Å²) in [4.78, 5) is 9.04. The first kappa shape index (κ1) is 21.8. The van der Waals surface area contributed by atoms with E-state index in [1.165, 1.54) is 12.8 Å². The maximum Gasteiger partial charge on any atom is 0.213 e. The van der Waals surface area contributed by atoms with Gasteiger partial charge in [0.1, 0.15) is 6.10 Å². The van der Waals surface area contributed by atoms with Crippen molar-refractivity contribution in [2.75, 3.05) is 32.9 Å². The second-order valence-electron chi connectivity index (χ2n) is 7.71. The van der Waals surface area contributed by atoms with E-state index in [0.29, 0.717) is 31.2 Å². The van der Waals surface area contributed by atoms with Gasteiger partial charge in [0.05, 0.1) is 19.3 Å². The lowest BCUT2D eigenvalue weighted by molar-refractivity contribution is 0.0168. The van der Waals surface area contributed by atoms with E-state index in [2.05, 4.69) is 27.5 Å². The van der Waals surface area contributed by atoms with Gasteiger partial charge in [-0.1, -0.05) is 0 Å². The van der Waals surface area contributed by atoms with Gasteiger partial charge in [0, 0.05) is 38.6 Å². The van der Waals surface area contributed by atoms with E-state index in [1.54, 1.807) is 6.20 Å². The van der Waals surface area contributed by atoms with Gasteiger partial charge in [-0.25, -0.2) is 9.98 Å². The van der Waals surface area contributed by atoms with E-state index in [9.17, 15) is 0 Å². The van der Waals surface area contributed by atoms with Crippen molar-refractivity contribution < 1.29 is 14.2 Å². The van der Waals surface area contributed by atoms with Crippen molar-refractivity contribution in [2.45, 2.75) is 70.6 Å². The lowest BCUT2D eigenvalue weighted by Gasteiger charge is -2.13. The summed E-state index contributed by atoms with van der Waals surface area (Å²) in [7, 11) is 0. The molecule has 29 heavy (non-hydrogen) atoms. The van der Waals surface area contributed by atoms with Crippen LogP contribution in [0.15, 0.2) is 23.3 Å². The molecule has 0 spiro atoms. The molecule has 1 atom stereocenters. The Balaban J connectivity index is 1.37. The Hall–Kier alpha value is -1.86. The Bertz CT molecular complexity index is 614. The van der Waals surface area contributed by atoms with Crippen LogP contribution in [0.2, 0.25) is 0 Å². The predicted octanol–water partition coefficient (Wildman–Crippen LogP) is 3.04. The lowest BCUT2D eigenvalue weighted by Crippen LogP contribution is -2.38. The molecular weight excluding hydrogens is 368 g/mol. The van der Waals surface area contributed by atoms with Crippen LogP contribution >= 0.6 is 0 Å². The average molecular weight is 405 g/mol. The first-order chi connectivity index (χ1) is 14.3. The zero-order valence-corrected chi connectivity index (χ0v) is 17.7. The summed E-state index contributed by atoms with van der Waals surface area (Å²) in [5, 5.41) is 6.67. The third kappa shape index (κ3) is 8.19. The van der Waals surface area contributed by atoms with E-state index in [1.807, 2.05) is 12.1 Å². The molecule has 0 amide bonds. The summed E-state index contributed by atoms with van der Waals surface area (Å²) < 4.78 is 17.3. The van der Waals surface area contributed by atoms with Gasteiger partial charge in [0.2, 0.25) is 5.88 Å². The summed E-state index contributed by atoms with van der Waals surface area (Å²) >= 11 is 0. The number of rotatable bonds is 11. The van der Waals surface area contributed by atoms with E-state index in [-0.39, 0.29) is 0 Å². The van der Waals surface area contributed by atoms with E-state index in [4.69, 9.17) is 14.2 Å². The first-order valence-electron chi connectivity index (χ1n) is 11.2. The fourth-order valence-corrected chi connectivity index (χ4v) is 3.67. The molecule has 1 aromatic rings. The largest absolute Gasteiger partial charge is 0.474 e. The molecule has 2 fully saturated rings. The number of pyridine rings is 1. The van der Waals surface area contributed by atoms with Crippen LogP contribution in [0.4, 0.5) is 0 Å². The minimum atomic E-state index is 0.296. The van der Waals surface area contributed by atoms with Crippen molar-refractivity contribution in [3.63, 3.8) is 0 Å². The quantitative estimate of drug-likeness (QED) is 0.335. The van der Waals surface area contributed by atoms with E-state index < -0.39 is 0 Å². The monoisotopic (exact) mass is 404 g/mol. The highest BCUT2D eigenvalue weighted by Gasteiger charge is 2.17. The zero-order chi connectivity index (χ0) is 20.2. The van der Waals surface area contributed by atoms with E-state index in [0.717, 1.165) is 69.9 Å². The molecule has 1 aliphatic carbocycles. The fourth-order valence-electron chi connectivity index (χ4n) is 3.67. The first-order valence-corrected chi connectivity index (χ1v) is 11.2. The second kappa shape index (κ2) is 12.6. The molecule has 2 heterocycles. The summed E-state index contributed by atoms with van der Waals surface area (Å²) in [6.07, 6.45) is 10.4. The molecule has 7 heteroatoms. The lowest BCUT2D eigenvalue weighted by atomic mass is 10.2. The Morgan fingerprint density at radius 3 is 2.93 bits per heavy atom. The number of nitrogens with one attached hydrogen (secondary N) is 2. The normalized spacial score (nSPS) is 20.2. The topological polar surface area (TPSA) is 77.0 Å². The molecular formula is C22H36N4O3. The number of aliphatic imine (C=N–C) groups is 1. The minimum Gasteiger partial charge on any atom is -0.474 e. The van der Waals surface area contributed by atoms with Gasteiger partial charge in [-0.15, -0.1) is 0 Å². The Labute approximate surface area is 174 Å². The van der Waals surface area contributed by atoms with E-state index >= 15 is 0 Å². The molecule has 1 aromatic heterocycles. The van der Waals surface area contributed by atoms with Gasteiger partial charge in [-0.2, -0.15) is 0 Å². The molecule has 1 saturated carbocycles. The second-order valence-corrected chi connectivity index (χ2v) is 7.71. The van der Waals surface area contributed by atoms with Gasteiger partial charge in [0.25, 0.3) is 0 Å². The number of hydrogen-bond acceptors (Lipinski definition) is 5. The van der Waals surface area contributed by atoms with Gasteiger partial charge in [-0.3, -0.25) is 0 Å². The SMILES string of the molecule is CCNC(=NCc1ccnc(OC2CCCC2)c1)NCCCOCC1CCCO1. The molecule has 2 aliphatic rings. The molecule has 1 unspecified atom stereocenters. The highest BCUT2D eigenvalue weighted by atomic mass is 16.5. The summed E-state index contributed by atoms with van der Waals surface area (Å²) in [5.41, 5.74) is 1.10. The van der Waals surface area contributed by atoms with Crippen molar-refractivity contribution in [1.82, 2.24) is 15.6 Å². The molecule has 3 rings (SSSR count). The number of nitrogens with zero attached hydrogens (tertiary/aromatic N) is 2. The molecule has 0 bridgehead atoms. The molecule has 162 valence electrons. The van der Waals surface area contributed by atoms with Crippen molar-refractivity contribution in [3.8, 4) is 5.88 Å². The Morgan fingerprint density at radius 2 is 2.14 bits per heavy atom. The summed E-state index contributed by atoms with van der Waals surface area (Å²) in [5.74, 6) is 1.53. The maximum absolute atomic E-state index is 6.00. The van der Waals surface area contributed by atoms with Crippen LogP contribution in [0.1, 0.15) is 57.4 Å². The fraction of sp³-hybridized carbons (Fsp3) is 0.727. The molecule has 2 N–H and O–H groups in total. The highest BCUT2D eigenvalue weighted by Crippen LogP contribution is 2.23. The average Bonchev–Trinajstić information content (AvgIpc) is 3.43. The predicted molar refractivity (Wildman–Crippen MR) is 114 cm³/mol. The highest BCUT2D eigenvalue weighted by molar-refractivity contribution is 5.79. The van der Waals surface area contributed by atoms with Crippen molar-refractivity contribution in [3.05, 3.63) is 23.9 Å². The van der Waals surface area contributed by atoms with Crippen LogP contribution < -0.4 is 15.4 Å². The van der Waals surface area contributed by atoms with Crippen LogP contribution in [0, 0.1) is 0 Å². The standard InChI is InChI=1S/C22H36N4O3/c1-2-23-22(25-11-6-13-27-17-20-9-5-14-28-20)26-16-18-10-12-24-21(15-18)29-19-7-3-4-8-19/h10,12,15,19-20H,2-9,11,13-14,16-17H2,1H3,(H2,23,25,26). The van der Waals surface area contributed by atoms with Gasteiger partial charge >= 0.3 is 0 Å². The summed E-state index contributed by atoms with van der Waals surface area (Å²) in [6, 6.07) is 4.00. The Morgan fingerprint density at radius 1 is 1.24 bits per heavy atom. The smallest absolute Gasteiger partial charge is 0.213 e. The van der Waals surface area contributed by atoms with Gasteiger partial charge in [-0.05, 0) is 63.5 Å². The van der Waals surface area contributed by atoms with Crippen LogP contribution in [-0.4, -0.2) is 56.1 Å². The number of hydrogen-bond donors (Lipinski definition) is 2. The third-order valence-corrected chi connectivity index (χ3v) is 5.24. The Kier molecular flexibility index (Phi) is 9.53. The van der Waals surface area contributed by atoms with Crippen molar-refractivity contribution in [2.24, 2.45) is 4.99 Å². The third-order valence-electron chi connectivity index (χ3n) is 5.24. The van der Waals surface area contributed by atoms with Crippen molar-refractivity contribution in [1.29, 1.82) is 0 Å². The molecule has 1 aliphatic heterocycles.